The number of hydrogen-bond donors (Lipinski definition) is 1. The molecule has 0 aromatic rings. The van der Waals surface area contributed by atoms with Crippen LogP contribution in [-0.4, -0.2) is 55.4 Å². The molecule has 4 rings (SSSR count). The van der Waals surface area contributed by atoms with Gasteiger partial charge in [-0.3, -0.25) is 4.79 Å². The van der Waals surface area contributed by atoms with Gasteiger partial charge in [-0.15, -0.1) is 0 Å². The highest BCUT2D eigenvalue weighted by atomic mass is 16.8. The Labute approximate surface area is 152 Å². The summed E-state index contributed by atoms with van der Waals surface area (Å²) in [5.74, 6) is -1.53. The fourth-order valence-corrected chi connectivity index (χ4v) is 6.19. The molecule has 0 amide bonds. The van der Waals surface area contributed by atoms with Gasteiger partial charge in [-0.05, 0) is 23.8 Å². The van der Waals surface area contributed by atoms with E-state index in [9.17, 15) is 14.7 Å². The summed E-state index contributed by atoms with van der Waals surface area (Å²) in [6, 6.07) is 0. The van der Waals surface area contributed by atoms with Crippen molar-refractivity contribution in [1.82, 2.24) is 0 Å². The minimum absolute atomic E-state index is 0.0275. The van der Waals surface area contributed by atoms with Crippen molar-refractivity contribution < 1.29 is 33.6 Å². The van der Waals surface area contributed by atoms with E-state index in [-0.39, 0.29) is 11.3 Å². The summed E-state index contributed by atoms with van der Waals surface area (Å²) < 4.78 is 22.7. The van der Waals surface area contributed by atoms with Gasteiger partial charge >= 0.3 is 5.97 Å². The van der Waals surface area contributed by atoms with E-state index in [0.717, 1.165) is 0 Å². The SMILES string of the molecule is CO[C@@H]1C[C@]2([C@H](OC)O1)[C@H](C(C)(C)C)C[C@H]1OC(=O)[C@]3(O)C(=O)C=CC132. The maximum atomic E-state index is 12.6. The lowest BCUT2D eigenvalue weighted by Crippen LogP contribution is -2.63. The number of aliphatic hydroxyl groups is 1. The van der Waals surface area contributed by atoms with Crippen LogP contribution < -0.4 is 0 Å². The first kappa shape index (κ1) is 18.1. The first-order chi connectivity index (χ1) is 12.1. The van der Waals surface area contributed by atoms with E-state index in [0.29, 0.717) is 12.8 Å². The Morgan fingerprint density at radius 2 is 1.92 bits per heavy atom. The van der Waals surface area contributed by atoms with Gasteiger partial charge in [0.25, 0.3) is 0 Å². The molecule has 0 bridgehead atoms. The highest BCUT2D eigenvalue weighted by Gasteiger charge is 2.86. The molecule has 2 aliphatic carbocycles. The number of ketones is 1. The molecule has 2 heterocycles. The maximum Gasteiger partial charge on any atom is 0.347 e. The highest BCUT2D eigenvalue weighted by molar-refractivity contribution is 6.17. The molecule has 1 unspecified atom stereocenters. The van der Waals surface area contributed by atoms with Crippen LogP contribution in [0.1, 0.15) is 33.6 Å². The molecule has 2 spiro atoms. The average Bonchev–Trinajstić information content (AvgIpc) is 3.22. The van der Waals surface area contributed by atoms with Crippen LogP contribution in [0.15, 0.2) is 12.2 Å². The van der Waals surface area contributed by atoms with Crippen LogP contribution in [0.2, 0.25) is 0 Å². The zero-order valence-corrected chi connectivity index (χ0v) is 15.8. The summed E-state index contributed by atoms with van der Waals surface area (Å²) in [5, 5.41) is 11.4. The molecule has 0 aromatic carbocycles. The van der Waals surface area contributed by atoms with Crippen molar-refractivity contribution in [2.45, 2.75) is 57.9 Å². The lowest BCUT2D eigenvalue weighted by Gasteiger charge is -2.50. The Kier molecular flexibility index (Phi) is 3.59. The first-order valence-electron chi connectivity index (χ1n) is 8.97. The fourth-order valence-electron chi connectivity index (χ4n) is 6.19. The molecule has 7 atom stereocenters. The first-order valence-corrected chi connectivity index (χ1v) is 8.97. The van der Waals surface area contributed by atoms with E-state index in [4.69, 9.17) is 18.9 Å². The van der Waals surface area contributed by atoms with Crippen LogP contribution in [0.25, 0.3) is 0 Å². The van der Waals surface area contributed by atoms with E-state index in [2.05, 4.69) is 20.8 Å². The minimum atomic E-state index is -2.24. The Morgan fingerprint density at radius 3 is 2.50 bits per heavy atom. The lowest BCUT2D eigenvalue weighted by molar-refractivity contribution is -0.235. The van der Waals surface area contributed by atoms with Crippen molar-refractivity contribution in [3.05, 3.63) is 12.2 Å². The van der Waals surface area contributed by atoms with Gasteiger partial charge in [0.05, 0.1) is 5.41 Å². The topological polar surface area (TPSA) is 91.3 Å². The number of hydrogen-bond acceptors (Lipinski definition) is 7. The van der Waals surface area contributed by atoms with Gasteiger partial charge in [0.1, 0.15) is 6.10 Å². The third kappa shape index (κ3) is 1.69. The molecule has 2 aliphatic heterocycles. The third-order valence-corrected chi connectivity index (χ3v) is 7.07. The summed E-state index contributed by atoms with van der Waals surface area (Å²) in [6.07, 6.45) is 2.01. The standard InChI is InChI=1S/C19H26O7/c1-16(2,3)10-8-12-18(7-6-11(20)19(18,22)14(21)25-12)17(10)9-13(23-4)26-15(17)24-5/h6-7,10,12-13,15,22H,8-9H2,1-5H3/t10-,12+,13-,15+,17+,18?,19+/m0/s1. The monoisotopic (exact) mass is 366 g/mol. The van der Waals surface area contributed by atoms with Gasteiger partial charge in [0.15, 0.2) is 18.4 Å². The van der Waals surface area contributed by atoms with Crippen LogP contribution >= 0.6 is 0 Å². The smallest absolute Gasteiger partial charge is 0.347 e. The van der Waals surface area contributed by atoms with Crippen molar-refractivity contribution >= 4 is 11.8 Å². The number of carbonyl (C=O) groups is 2. The summed E-state index contributed by atoms with van der Waals surface area (Å²) in [5.41, 5.74) is -4.50. The number of carbonyl (C=O) groups excluding carboxylic acids is 2. The van der Waals surface area contributed by atoms with Crippen LogP contribution in [0, 0.1) is 22.2 Å². The van der Waals surface area contributed by atoms with E-state index < -0.39 is 46.9 Å². The second-order valence-electron chi connectivity index (χ2n) is 8.94. The quantitative estimate of drug-likeness (QED) is 0.580. The van der Waals surface area contributed by atoms with Crippen LogP contribution in [-0.2, 0) is 28.5 Å². The predicted octanol–water partition coefficient (Wildman–Crippen LogP) is 1.19. The van der Waals surface area contributed by atoms with Crippen LogP contribution in [0.5, 0.6) is 0 Å². The van der Waals surface area contributed by atoms with E-state index in [1.807, 2.05) is 0 Å². The van der Waals surface area contributed by atoms with E-state index >= 15 is 0 Å². The minimum Gasteiger partial charge on any atom is -0.459 e. The number of rotatable bonds is 2. The third-order valence-electron chi connectivity index (χ3n) is 7.07. The molecule has 7 heteroatoms. The van der Waals surface area contributed by atoms with Gasteiger partial charge in [-0.1, -0.05) is 26.8 Å². The Bertz CT molecular complexity index is 694. The largest absolute Gasteiger partial charge is 0.459 e. The summed E-state index contributed by atoms with van der Waals surface area (Å²) >= 11 is 0. The normalized spacial score (nSPS) is 49.8. The van der Waals surface area contributed by atoms with Gasteiger partial charge < -0.3 is 24.1 Å². The zero-order chi connectivity index (χ0) is 19.1. The van der Waals surface area contributed by atoms with Crippen molar-refractivity contribution in [3.63, 3.8) is 0 Å². The molecule has 0 radical (unpaired) electrons. The number of ether oxygens (including phenoxy) is 4. The Hall–Kier alpha value is -1.28. The van der Waals surface area contributed by atoms with Crippen LogP contribution in [0.3, 0.4) is 0 Å². The molecule has 1 N–H and O–H groups in total. The highest BCUT2D eigenvalue weighted by Crippen LogP contribution is 2.75. The average molecular weight is 366 g/mol. The van der Waals surface area contributed by atoms with E-state index in [1.54, 1.807) is 13.2 Å². The zero-order valence-electron chi connectivity index (χ0n) is 15.8. The number of methoxy groups -OCH3 is 2. The van der Waals surface area contributed by atoms with Gasteiger partial charge in [0.2, 0.25) is 5.60 Å². The molecule has 0 aromatic heterocycles. The molecule has 1 saturated carbocycles. The predicted molar refractivity (Wildman–Crippen MR) is 88.7 cm³/mol. The van der Waals surface area contributed by atoms with Crippen LogP contribution in [0.4, 0.5) is 0 Å². The molecular formula is C19H26O7. The number of esters is 1. The van der Waals surface area contributed by atoms with Crippen molar-refractivity contribution in [1.29, 1.82) is 0 Å². The van der Waals surface area contributed by atoms with E-state index in [1.165, 1.54) is 13.2 Å². The van der Waals surface area contributed by atoms with Crippen molar-refractivity contribution in [2.75, 3.05) is 14.2 Å². The van der Waals surface area contributed by atoms with Crippen molar-refractivity contribution in [2.24, 2.45) is 22.2 Å². The Morgan fingerprint density at radius 1 is 1.23 bits per heavy atom. The Balaban J connectivity index is 1.99. The molecule has 144 valence electrons. The molecular weight excluding hydrogens is 340 g/mol. The second kappa shape index (κ2) is 5.16. The summed E-state index contributed by atoms with van der Waals surface area (Å²) in [7, 11) is 3.08. The summed E-state index contributed by atoms with van der Waals surface area (Å²) in [6.45, 7) is 6.31. The molecule has 4 aliphatic rings. The second-order valence-corrected chi connectivity index (χ2v) is 8.94. The fraction of sp³-hybridized carbons (Fsp3) is 0.789. The summed E-state index contributed by atoms with van der Waals surface area (Å²) in [4.78, 5) is 25.2. The van der Waals surface area contributed by atoms with Gasteiger partial charge in [0, 0.05) is 26.1 Å². The lowest BCUT2D eigenvalue weighted by atomic mass is 9.52. The van der Waals surface area contributed by atoms with Gasteiger partial charge in [-0.2, -0.15) is 0 Å². The maximum absolute atomic E-state index is 12.6. The molecule has 3 fully saturated rings. The molecule has 26 heavy (non-hydrogen) atoms. The molecule has 7 nitrogen and oxygen atoms in total. The van der Waals surface area contributed by atoms with Gasteiger partial charge in [-0.25, -0.2) is 4.79 Å². The van der Waals surface area contributed by atoms with Crippen molar-refractivity contribution in [3.8, 4) is 0 Å². The molecule has 2 saturated heterocycles.